The SMILES string of the molecule is Cc1noc2ncc(C(=O)N3CCCC(C(C)N)C3)cc12.Cl. The first kappa shape index (κ1) is 16.7. The van der Waals surface area contributed by atoms with Crippen LogP contribution in [0.2, 0.25) is 0 Å². The van der Waals surface area contributed by atoms with Crippen molar-refractivity contribution in [2.45, 2.75) is 32.7 Å². The number of nitrogens with two attached hydrogens (primary N) is 1. The molecule has 120 valence electrons. The van der Waals surface area contributed by atoms with Crippen LogP contribution in [0.25, 0.3) is 11.1 Å². The van der Waals surface area contributed by atoms with Crippen LogP contribution in [0, 0.1) is 12.8 Å². The molecule has 0 bridgehead atoms. The maximum Gasteiger partial charge on any atom is 0.257 e. The van der Waals surface area contributed by atoms with Crippen molar-refractivity contribution < 1.29 is 9.32 Å². The zero-order valence-corrected chi connectivity index (χ0v) is 13.6. The third kappa shape index (κ3) is 3.08. The van der Waals surface area contributed by atoms with Gasteiger partial charge in [-0.15, -0.1) is 12.4 Å². The Balaban J connectivity index is 0.00000176. The molecule has 3 rings (SSSR count). The number of likely N-dealkylation sites (tertiary alicyclic amines) is 1. The van der Waals surface area contributed by atoms with Crippen LogP contribution in [0.3, 0.4) is 0 Å². The van der Waals surface area contributed by atoms with Gasteiger partial charge in [0, 0.05) is 25.3 Å². The molecule has 1 fully saturated rings. The summed E-state index contributed by atoms with van der Waals surface area (Å²) in [5.41, 5.74) is 7.78. The van der Waals surface area contributed by atoms with Gasteiger partial charge >= 0.3 is 0 Å². The van der Waals surface area contributed by atoms with Gasteiger partial charge in [0.2, 0.25) is 0 Å². The molecule has 0 spiro atoms. The molecular formula is C15H21ClN4O2. The third-order valence-electron chi connectivity index (χ3n) is 4.25. The summed E-state index contributed by atoms with van der Waals surface area (Å²) in [4.78, 5) is 18.7. The Bertz CT molecular complexity index is 671. The Morgan fingerprint density at radius 2 is 2.32 bits per heavy atom. The van der Waals surface area contributed by atoms with Gasteiger partial charge in [0.15, 0.2) is 0 Å². The number of hydrogen-bond donors (Lipinski definition) is 1. The summed E-state index contributed by atoms with van der Waals surface area (Å²) in [6.07, 6.45) is 3.65. The summed E-state index contributed by atoms with van der Waals surface area (Å²) < 4.78 is 5.07. The van der Waals surface area contributed by atoms with Crippen molar-refractivity contribution in [3.63, 3.8) is 0 Å². The van der Waals surface area contributed by atoms with Gasteiger partial charge in [-0.25, -0.2) is 4.98 Å². The van der Waals surface area contributed by atoms with Crippen LogP contribution in [-0.4, -0.2) is 40.1 Å². The number of rotatable bonds is 2. The van der Waals surface area contributed by atoms with Crippen molar-refractivity contribution in [1.29, 1.82) is 0 Å². The number of pyridine rings is 1. The number of aromatic nitrogens is 2. The van der Waals surface area contributed by atoms with Crippen molar-refractivity contribution in [2.75, 3.05) is 13.1 Å². The molecule has 0 saturated carbocycles. The highest BCUT2D eigenvalue weighted by molar-refractivity contribution is 5.97. The van der Waals surface area contributed by atoms with Crippen LogP contribution < -0.4 is 5.73 Å². The summed E-state index contributed by atoms with van der Waals surface area (Å²) in [6.45, 7) is 5.35. The van der Waals surface area contributed by atoms with E-state index in [4.69, 9.17) is 10.3 Å². The first-order valence-corrected chi connectivity index (χ1v) is 7.33. The zero-order valence-electron chi connectivity index (χ0n) is 12.8. The minimum atomic E-state index is 0. The Kier molecular flexibility index (Phi) is 5.03. The van der Waals surface area contributed by atoms with Gasteiger partial charge in [-0.2, -0.15) is 0 Å². The van der Waals surface area contributed by atoms with Crippen LogP contribution in [-0.2, 0) is 0 Å². The predicted octanol–water partition coefficient (Wildman–Crippen LogP) is 2.15. The number of carbonyl (C=O) groups excluding carboxylic acids is 1. The Hall–Kier alpha value is -1.66. The van der Waals surface area contributed by atoms with Crippen molar-refractivity contribution in [3.8, 4) is 0 Å². The second kappa shape index (κ2) is 6.62. The summed E-state index contributed by atoms with van der Waals surface area (Å²) in [5.74, 6) is 0.382. The summed E-state index contributed by atoms with van der Waals surface area (Å²) in [6, 6.07) is 1.92. The normalized spacial score (nSPS) is 19.8. The molecule has 2 N–H and O–H groups in total. The summed E-state index contributed by atoms with van der Waals surface area (Å²) >= 11 is 0. The third-order valence-corrected chi connectivity index (χ3v) is 4.25. The lowest BCUT2D eigenvalue weighted by atomic mass is 9.92. The van der Waals surface area contributed by atoms with Gasteiger partial charge in [0.25, 0.3) is 11.6 Å². The number of amides is 1. The highest BCUT2D eigenvalue weighted by Crippen LogP contribution is 2.22. The fourth-order valence-corrected chi connectivity index (χ4v) is 2.87. The van der Waals surface area contributed by atoms with E-state index in [2.05, 4.69) is 10.1 Å². The highest BCUT2D eigenvalue weighted by Gasteiger charge is 2.27. The number of aryl methyl sites for hydroxylation is 1. The fraction of sp³-hybridized carbons (Fsp3) is 0.533. The molecular weight excluding hydrogens is 304 g/mol. The number of hydrogen-bond acceptors (Lipinski definition) is 5. The van der Waals surface area contributed by atoms with Crippen LogP contribution in [0.5, 0.6) is 0 Å². The molecule has 3 heterocycles. The van der Waals surface area contributed by atoms with E-state index in [0.29, 0.717) is 17.2 Å². The van der Waals surface area contributed by atoms with Crippen LogP contribution >= 0.6 is 12.4 Å². The van der Waals surface area contributed by atoms with E-state index < -0.39 is 0 Å². The second-order valence-corrected chi connectivity index (χ2v) is 5.86. The molecule has 2 aromatic rings. The Morgan fingerprint density at radius 3 is 3.05 bits per heavy atom. The minimum absolute atomic E-state index is 0. The lowest BCUT2D eigenvalue weighted by Gasteiger charge is -2.34. The summed E-state index contributed by atoms with van der Waals surface area (Å²) in [5, 5.41) is 4.66. The van der Waals surface area contributed by atoms with Crippen molar-refractivity contribution in [1.82, 2.24) is 15.0 Å². The maximum atomic E-state index is 12.6. The highest BCUT2D eigenvalue weighted by atomic mass is 35.5. The average molecular weight is 325 g/mol. The van der Waals surface area contributed by atoms with Gasteiger partial charge in [-0.05, 0) is 38.7 Å². The minimum Gasteiger partial charge on any atom is -0.338 e. The fourth-order valence-electron chi connectivity index (χ4n) is 2.87. The molecule has 22 heavy (non-hydrogen) atoms. The smallest absolute Gasteiger partial charge is 0.257 e. The first-order chi connectivity index (χ1) is 10.1. The van der Waals surface area contributed by atoms with Crippen molar-refractivity contribution >= 4 is 29.4 Å². The maximum absolute atomic E-state index is 12.6. The largest absolute Gasteiger partial charge is 0.338 e. The van der Waals surface area contributed by atoms with Crippen LogP contribution in [0.15, 0.2) is 16.8 Å². The second-order valence-electron chi connectivity index (χ2n) is 5.86. The molecule has 1 aliphatic heterocycles. The van der Waals surface area contributed by atoms with Gasteiger partial charge in [-0.1, -0.05) is 5.16 Å². The molecule has 2 atom stereocenters. The number of nitrogens with zero attached hydrogens (tertiary/aromatic N) is 3. The molecule has 2 aromatic heterocycles. The Morgan fingerprint density at radius 1 is 1.55 bits per heavy atom. The average Bonchev–Trinajstić information content (AvgIpc) is 2.87. The van der Waals surface area contributed by atoms with Gasteiger partial charge in [-0.3, -0.25) is 4.79 Å². The molecule has 7 heteroatoms. The van der Waals surface area contributed by atoms with Crippen molar-refractivity contribution in [2.24, 2.45) is 11.7 Å². The van der Waals surface area contributed by atoms with Gasteiger partial charge in [0.05, 0.1) is 16.6 Å². The lowest BCUT2D eigenvalue weighted by Crippen LogP contribution is -2.45. The predicted molar refractivity (Wildman–Crippen MR) is 86.1 cm³/mol. The standard InChI is InChI=1S/C15H20N4O2.ClH/c1-9(16)11-4-3-5-19(8-11)15(20)12-6-13-10(2)18-21-14(13)17-7-12;/h6-7,9,11H,3-5,8,16H2,1-2H3;1H. The van der Waals surface area contributed by atoms with E-state index in [1.165, 1.54) is 0 Å². The van der Waals surface area contributed by atoms with Gasteiger partial charge in [0.1, 0.15) is 0 Å². The number of fused-ring (bicyclic) bond motifs is 1. The molecule has 2 unspecified atom stereocenters. The lowest BCUT2D eigenvalue weighted by molar-refractivity contribution is 0.0660. The van der Waals surface area contributed by atoms with E-state index in [0.717, 1.165) is 37.0 Å². The molecule has 1 amide bonds. The number of piperidine rings is 1. The topological polar surface area (TPSA) is 85.2 Å². The number of halogens is 1. The van der Waals surface area contributed by atoms with E-state index >= 15 is 0 Å². The van der Waals surface area contributed by atoms with Crippen LogP contribution in [0.1, 0.15) is 35.8 Å². The quantitative estimate of drug-likeness (QED) is 0.914. The molecule has 1 saturated heterocycles. The van der Waals surface area contributed by atoms with Crippen LogP contribution in [0.4, 0.5) is 0 Å². The molecule has 6 nitrogen and oxygen atoms in total. The van der Waals surface area contributed by atoms with E-state index in [1.54, 1.807) is 6.20 Å². The monoisotopic (exact) mass is 324 g/mol. The van der Waals surface area contributed by atoms with Gasteiger partial charge < -0.3 is 15.2 Å². The number of carbonyl (C=O) groups is 1. The molecule has 0 aliphatic carbocycles. The zero-order chi connectivity index (χ0) is 15.0. The van der Waals surface area contributed by atoms with Crippen molar-refractivity contribution in [3.05, 3.63) is 23.5 Å². The molecule has 0 aromatic carbocycles. The molecule has 1 aliphatic rings. The summed E-state index contributed by atoms with van der Waals surface area (Å²) in [7, 11) is 0. The van der Waals surface area contributed by atoms with E-state index in [9.17, 15) is 4.79 Å². The van der Waals surface area contributed by atoms with E-state index in [-0.39, 0.29) is 24.4 Å². The first-order valence-electron chi connectivity index (χ1n) is 7.33. The van der Waals surface area contributed by atoms with E-state index in [1.807, 2.05) is 24.8 Å². The molecule has 0 radical (unpaired) electrons. The Labute approximate surface area is 135 Å².